The second-order valence-electron chi connectivity index (χ2n) is 20.8. The molecule has 4 aromatic carbocycles. The van der Waals surface area contributed by atoms with Crippen molar-refractivity contribution in [3.05, 3.63) is 156 Å². The molecular formula is C58H62N13O4+. The maximum Gasteiger partial charge on any atom is 0.385 e. The molecule has 3 amide bonds. The standard InChI is InChI=1S/C58H61N13O4/c1-38(72)67-32-30-66(31-33-67)36-39-10-12-40(13-11-39)50-7-5-9-52-69(57(65-71(50)52)62-48-24-18-43(19-25-48)55(74)60-46-28-29-46)53-37-68(34-35-75-53)58(2,3)44-20-14-41(15-21-44)49-6-4-8-51-63-56(64-70(49)51)61-47-22-16-42(17-23-47)54(73)59-45-26-27-45/h4-25,45-46,53H,26-37H2,1-3H3,(H3-,59,60,61,62,64,65,73,74)/p+1. The third-order valence-corrected chi connectivity index (χ3v) is 15.1. The molecule has 75 heavy (non-hydrogen) atoms. The van der Waals surface area contributed by atoms with Crippen LogP contribution in [0.1, 0.15) is 84.5 Å². The summed E-state index contributed by atoms with van der Waals surface area (Å²) in [7, 11) is 0. The largest absolute Gasteiger partial charge is 0.385 e. The topological polar surface area (TPSA) is 170 Å². The van der Waals surface area contributed by atoms with Crippen LogP contribution in [0.2, 0.25) is 0 Å². The molecule has 17 heteroatoms. The van der Waals surface area contributed by atoms with Gasteiger partial charge in [-0.05, 0) is 117 Å². The number of benzene rings is 4. The summed E-state index contributed by atoms with van der Waals surface area (Å²) in [5.41, 5.74) is 10.3. The van der Waals surface area contributed by atoms with Crippen molar-refractivity contribution in [1.82, 2.24) is 49.5 Å². The predicted octanol–water partition coefficient (Wildman–Crippen LogP) is 7.70. The van der Waals surface area contributed by atoms with Crippen LogP contribution in [0, 0.1) is 0 Å². The highest BCUT2D eigenvalue weighted by Crippen LogP contribution is 2.34. The first kappa shape index (κ1) is 48.0. The number of piperazine rings is 1. The molecule has 0 radical (unpaired) electrons. The number of amides is 3. The number of anilines is 4. The molecule has 8 aromatic rings. The summed E-state index contributed by atoms with van der Waals surface area (Å²) in [5, 5.41) is 23.2. The molecule has 2 saturated carbocycles. The van der Waals surface area contributed by atoms with Gasteiger partial charge in [-0.25, -0.2) is 4.52 Å². The lowest BCUT2D eigenvalue weighted by atomic mass is 9.90. The molecule has 6 heterocycles. The van der Waals surface area contributed by atoms with Gasteiger partial charge in [0.25, 0.3) is 11.8 Å². The van der Waals surface area contributed by atoms with Crippen molar-refractivity contribution in [3.63, 3.8) is 0 Å². The lowest BCUT2D eigenvalue weighted by Gasteiger charge is -2.43. The number of morpholine rings is 1. The van der Waals surface area contributed by atoms with Crippen LogP contribution in [0.15, 0.2) is 133 Å². The molecule has 2 aliphatic carbocycles. The minimum absolute atomic E-state index is 0.0496. The Labute approximate surface area is 435 Å². The SMILES string of the molecule is CC(=O)N1CCN(Cc2ccc(-c3cccc4n3nc(Nc3ccc(C(=O)NC5CC5)cc3)[n+]4C3CN(C(C)(C)c4ccc(-c5cccc6nc(Nc7ccc(C(=O)NC8CC8)cc7)nn56)cc4)CCO3)cc2)CC1. The smallest absolute Gasteiger partial charge is 0.349 e. The summed E-state index contributed by atoms with van der Waals surface area (Å²) >= 11 is 0. The zero-order chi connectivity index (χ0) is 51.2. The summed E-state index contributed by atoms with van der Waals surface area (Å²) in [6.45, 7) is 12.0. The molecule has 2 saturated heterocycles. The number of ether oxygens (including phenoxy) is 1. The van der Waals surface area contributed by atoms with Crippen molar-refractivity contribution in [3.8, 4) is 22.5 Å². The number of nitrogens with one attached hydrogen (secondary N) is 4. The molecule has 17 nitrogen and oxygen atoms in total. The van der Waals surface area contributed by atoms with Crippen molar-refractivity contribution in [2.45, 2.75) is 76.8 Å². The van der Waals surface area contributed by atoms with Crippen LogP contribution >= 0.6 is 0 Å². The van der Waals surface area contributed by atoms with Crippen molar-refractivity contribution in [2.75, 3.05) is 56.5 Å². The van der Waals surface area contributed by atoms with Crippen LogP contribution in [0.25, 0.3) is 33.8 Å². The van der Waals surface area contributed by atoms with E-state index in [4.69, 9.17) is 19.9 Å². The summed E-state index contributed by atoms with van der Waals surface area (Å²) in [6, 6.07) is 45.1. The van der Waals surface area contributed by atoms with Crippen LogP contribution in [0.5, 0.6) is 0 Å². The van der Waals surface area contributed by atoms with Gasteiger partial charge < -0.3 is 25.6 Å². The maximum absolute atomic E-state index is 12.9. The molecule has 4 N–H and O–H groups in total. The highest BCUT2D eigenvalue weighted by atomic mass is 16.5. The molecule has 0 spiro atoms. The van der Waals surface area contributed by atoms with Crippen molar-refractivity contribution < 1.29 is 23.7 Å². The summed E-state index contributed by atoms with van der Waals surface area (Å²) in [4.78, 5) is 48.9. The molecular weight excluding hydrogens is 943 g/mol. The van der Waals surface area contributed by atoms with Gasteiger partial charge in [0.1, 0.15) is 5.69 Å². The number of carbonyl (C=O) groups excluding carboxylic acids is 3. The molecule has 12 rings (SSSR count). The Morgan fingerprint density at radius 1 is 0.653 bits per heavy atom. The van der Waals surface area contributed by atoms with Gasteiger partial charge in [-0.2, -0.15) is 9.55 Å². The first-order valence-corrected chi connectivity index (χ1v) is 26.2. The van der Waals surface area contributed by atoms with Gasteiger partial charge in [-0.1, -0.05) is 60.7 Å². The van der Waals surface area contributed by atoms with Gasteiger partial charge in [-0.15, -0.1) is 9.61 Å². The number of fused-ring (bicyclic) bond motifs is 2. The Hall–Kier alpha value is -7.99. The zero-order valence-corrected chi connectivity index (χ0v) is 42.6. The molecule has 2 aliphatic heterocycles. The number of aromatic nitrogens is 6. The van der Waals surface area contributed by atoms with Crippen LogP contribution in [-0.2, 0) is 21.6 Å². The van der Waals surface area contributed by atoms with Gasteiger partial charge in [0, 0.05) is 103 Å². The van der Waals surface area contributed by atoms with Crippen LogP contribution in [0.4, 0.5) is 23.3 Å². The second kappa shape index (κ2) is 20.0. The maximum atomic E-state index is 12.9. The molecule has 382 valence electrons. The molecule has 0 bridgehead atoms. The normalized spacial score (nSPS) is 17.5. The van der Waals surface area contributed by atoms with E-state index in [-0.39, 0.29) is 29.3 Å². The number of hydrogen-bond acceptors (Lipinski definition) is 11. The van der Waals surface area contributed by atoms with Crippen molar-refractivity contribution in [1.29, 1.82) is 0 Å². The minimum atomic E-state index is -0.403. The third kappa shape index (κ3) is 10.3. The number of nitrogens with zero attached hydrogens (tertiary/aromatic N) is 9. The van der Waals surface area contributed by atoms with Gasteiger partial charge in [0.05, 0.1) is 24.5 Å². The van der Waals surface area contributed by atoms with Gasteiger partial charge in [0.2, 0.25) is 17.5 Å². The van der Waals surface area contributed by atoms with Gasteiger partial charge in [-0.3, -0.25) is 29.5 Å². The molecule has 1 atom stereocenters. The van der Waals surface area contributed by atoms with E-state index in [0.717, 1.165) is 110 Å². The Balaban J connectivity index is 0.789. The van der Waals surface area contributed by atoms with Crippen LogP contribution < -0.4 is 25.8 Å². The van der Waals surface area contributed by atoms with E-state index in [1.54, 1.807) is 6.92 Å². The predicted molar refractivity (Wildman–Crippen MR) is 287 cm³/mol. The minimum Gasteiger partial charge on any atom is -0.349 e. The van der Waals surface area contributed by atoms with E-state index in [2.05, 4.69) is 116 Å². The van der Waals surface area contributed by atoms with Crippen molar-refractivity contribution in [2.24, 2.45) is 0 Å². The highest BCUT2D eigenvalue weighted by Gasteiger charge is 2.38. The van der Waals surface area contributed by atoms with E-state index in [1.807, 2.05) is 80.7 Å². The summed E-state index contributed by atoms with van der Waals surface area (Å²) < 4.78 is 12.7. The fourth-order valence-electron chi connectivity index (χ4n) is 10.2. The van der Waals surface area contributed by atoms with Crippen molar-refractivity contribution >= 4 is 52.3 Å². The fraction of sp³-hybridized carbons (Fsp3) is 0.328. The second-order valence-corrected chi connectivity index (χ2v) is 20.8. The lowest BCUT2D eigenvalue weighted by Crippen LogP contribution is -2.56. The Morgan fingerprint density at radius 3 is 1.85 bits per heavy atom. The molecule has 4 aromatic heterocycles. The quantitative estimate of drug-likeness (QED) is 0.0743. The molecule has 1 unspecified atom stereocenters. The zero-order valence-electron chi connectivity index (χ0n) is 42.6. The Kier molecular flexibility index (Phi) is 12.8. The first-order chi connectivity index (χ1) is 36.5. The summed E-state index contributed by atoms with van der Waals surface area (Å²) in [5.74, 6) is 1.10. The monoisotopic (exact) mass is 1000 g/mol. The summed E-state index contributed by atoms with van der Waals surface area (Å²) in [6.07, 6.45) is 3.74. The van der Waals surface area contributed by atoms with E-state index in [1.165, 1.54) is 5.56 Å². The average Bonchev–Trinajstić information content (AvgIpc) is 4.36. The van der Waals surface area contributed by atoms with E-state index >= 15 is 0 Å². The molecule has 4 fully saturated rings. The Bertz CT molecular complexity index is 3390. The molecule has 4 aliphatic rings. The average molecular weight is 1010 g/mol. The first-order valence-electron chi connectivity index (χ1n) is 26.2. The fourth-order valence-corrected chi connectivity index (χ4v) is 10.2. The van der Waals surface area contributed by atoms with Crippen LogP contribution in [-0.4, -0.2) is 115 Å². The van der Waals surface area contributed by atoms with E-state index in [9.17, 15) is 14.4 Å². The number of pyridine rings is 2. The Morgan fingerprint density at radius 2 is 1.24 bits per heavy atom. The van der Waals surface area contributed by atoms with E-state index in [0.29, 0.717) is 47.9 Å². The van der Waals surface area contributed by atoms with Gasteiger partial charge in [0.15, 0.2) is 11.9 Å². The highest BCUT2D eigenvalue weighted by molar-refractivity contribution is 5.95. The number of carbonyl (C=O) groups is 3. The lowest BCUT2D eigenvalue weighted by molar-refractivity contribution is -0.732. The number of rotatable bonds is 15. The van der Waals surface area contributed by atoms with Gasteiger partial charge >= 0.3 is 5.95 Å². The number of hydrogen-bond donors (Lipinski definition) is 4. The van der Waals surface area contributed by atoms with E-state index < -0.39 is 6.23 Å². The van der Waals surface area contributed by atoms with Crippen LogP contribution in [0.3, 0.4) is 0 Å². The third-order valence-electron chi connectivity index (χ3n) is 15.1.